The number of hydrogen-bond donors (Lipinski definition) is 2. The lowest BCUT2D eigenvalue weighted by atomic mass is 10.3. The van der Waals surface area contributed by atoms with Gasteiger partial charge in [-0.25, -0.2) is 24.0 Å². The summed E-state index contributed by atoms with van der Waals surface area (Å²) in [6.45, 7) is 16.1. The van der Waals surface area contributed by atoms with Gasteiger partial charge in [0, 0.05) is 35.9 Å². The molecule has 324 valence electrons. The Morgan fingerprint density at radius 3 is 1.42 bits per heavy atom. The summed E-state index contributed by atoms with van der Waals surface area (Å²) in [6.07, 6.45) is -2.36. The Hall–Kier alpha value is -6.07. The standard InChI is InChI=1S/C42H56N2O15/c1-30(2)38(45)54-19-11-17-43-41(48)58-36(28-56-33-13-8-7-9-14-33)26-50-21-23-52-34-15-10-16-35(25-34)53-24-22-51-27-37(29-57-40(47)32(5)6)59-42(49)44-18-12-20-55-39(46)31(3)4/h7-10,13-16,25,36-37H,1,3,5,11-12,17-24,26-29H2,2,4,6H3,(H,43,48)(H,44,49). The van der Waals surface area contributed by atoms with Crippen molar-refractivity contribution in [3.05, 3.63) is 91.1 Å². The highest BCUT2D eigenvalue weighted by molar-refractivity contribution is 5.87. The molecule has 17 heteroatoms. The zero-order valence-electron chi connectivity index (χ0n) is 34.0. The Balaban J connectivity index is 1.74. The Morgan fingerprint density at radius 2 is 0.949 bits per heavy atom. The molecule has 2 amide bonds. The summed E-state index contributed by atoms with van der Waals surface area (Å²) in [6, 6.07) is 16.0. The molecule has 0 aliphatic rings. The van der Waals surface area contributed by atoms with Gasteiger partial charge in [0.05, 0.1) is 39.6 Å². The second-order valence-electron chi connectivity index (χ2n) is 12.8. The van der Waals surface area contributed by atoms with Crippen molar-refractivity contribution < 1.29 is 71.3 Å². The average molecular weight is 829 g/mol. The minimum absolute atomic E-state index is 0.0324. The van der Waals surface area contributed by atoms with E-state index in [1.807, 2.05) is 18.2 Å². The fourth-order valence-electron chi connectivity index (χ4n) is 4.24. The first kappa shape index (κ1) is 49.1. The molecule has 0 aliphatic heterocycles. The van der Waals surface area contributed by atoms with E-state index >= 15 is 0 Å². The van der Waals surface area contributed by atoms with Gasteiger partial charge in [0.15, 0.2) is 12.2 Å². The van der Waals surface area contributed by atoms with Crippen LogP contribution in [0, 0.1) is 0 Å². The number of rotatable bonds is 30. The molecule has 59 heavy (non-hydrogen) atoms. The summed E-state index contributed by atoms with van der Waals surface area (Å²) in [4.78, 5) is 59.6. The van der Waals surface area contributed by atoms with Gasteiger partial charge in [-0.3, -0.25) is 0 Å². The van der Waals surface area contributed by atoms with Crippen LogP contribution in [0.4, 0.5) is 9.59 Å². The lowest BCUT2D eigenvalue weighted by Gasteiger charge is -2.19. The van der Waals surface area contributed by atoms with Crippen molar-refractivity contribution in [2.45, 2.75) is 45.8 Å². The second kappa shape index (κ2) is 29.2. The van der Waals surface area contributed by atoms with E-state index < -0.39 is 42.3 Å². The predicted molar refractivity (Wildman–Crippen MR) is 214 cm³/mol. The van der Waals surface area contributed by atoms with Gasteiger partial charge in [0.2, 0.25) is 0 Å². The highest BCUT2D eigenvalue weighted by atomic mass is 16.6. The van der Waals surface area contributed by atoms with Crippen LogP contribution < -0.4 is 24.8 Å². The van der Waals surface area contributed by atoms with Crippen molar-refractivity contribution in [2.75, 3.05) is 79.2 Å². The van der Waals surface area contributed by atoms with Crippen LogP contribution in [0.3, 0.4) is 0 Å². The van der Waals surface area contributed by atoms with Gasteiger partial charge in [-0.1, -0.05) is 44.0 Å². The molecule has 17 nitrogen and oxygen atoms in total. The molecule has 0 aliphatic carbocycles. The third kappa shape index (κ3) is 23.7. The highest BCUT2D eigenvalue weighted by Crippen LogP contribution is 2.19. The Labute approximate surface area is 344 Å². The zero-order chi connectivity index (χ0) is 43.3. The van der Waals surface area contributed by atoms with E-state index in [1.165, 1.54) is 13.8 Å². The molecule has 2 atom stereocenters. The summed E-state index contributed by atoms with van der Waals surface area (Å²) in [5.41, 5.74) is 0.755. The molecular formula is C42H56N2O15. The molecule has 2 rings (SSSR count). The van der Waals surface area contributed by atoms with E-state index in [-0.39, 0.29) is 90.3 Å². The quantitative estimate of drug-likeness (QED) is 0.0467. The Kier molecular flexibility index (Phi) is 24.3. The monoisotopic (exact) mass is 828 g/mol. The van der Waals surface area contributed by atoms with Gasteiger partial charge >= 0.3 is 30.1 Å². The SMILES string of the molecule is C=C(C)C(=O)OCCCNC(=O)OC(COCCOc1cccc(OCCOCC(COc2ccccc2)OC(=O)NCCCOC(=O)C(=C)C)c1)COC(=O)C(=C)C. The van der Waals surface area contributed by atoms with E-state index in [2.05, 4.69) is 30.4 Å². The fourth-order valence-corrected chi connectivity index (χ4v) is 4.24. The van der Waals surface area contributed by atoms with Crippen molar-refractivity contribution in [1.29, 1.82) is 0 Å². The second-order valence-corrected chi connectivity index (χ2v) is 12.8. The first-order chi connectivity index (χ1) is 28.3. The molecule has 0 saturated carbocycles. The van der Waals surface area contributed by atoms with Crippen LogP contribution in [-0.2, 0) is 47.5 Å². The minimum atomic E-state index is -0.926. The van der Waals surface area contributed by atoms with Crippen LogP contribution in [-0.4, -0.2) is 121 Å². The van der Waals surface area contributed by atoms with Crippen LogP contribution in [0.5, 0.6) is 17.2 Å². The van der Waals surface area contributed by atoms with Gasteiger partial charge < -0.3 is 58.0 Å². The number of para-hydroxylation sites is 1. The van der Waals surface area contributed by atoms with Crippen molar-refractivity contribution in [1.82, 2.24) is 10.6 Å². The number of carbonyl (C=O) groups excluding carboxylic acids is 5. The maximum Gasteiger partial charge on any atom is 0.407 e. The van der Waals surface area contributed by atoms with E-state index in [4.69, 9.17) is 47.4 Å². The first-order valence-corrected chi connectivity index (χ1v) is 18.9. The molecule has 0 spiro atoms. The molecule has 0 saturated heterocycles. The molecule has 2 N–H and O–H groups in total. The van der Waals surface area contributed by atoms with Crippen LogP contribution in [0.25, 0.3) is 0 Å². The first-order valence-electron chi connectivity index (χ1n) is 18.9. The van der Waals surface area contributed by atoms with E-state index in [1.54, 1.807) is 43.3 Å². The molecule has 2 aromatic carbocycles. The maximum absolute atomic E-state index is 12.4. The highest BCUT2D eigenvalue weighted by Gasteiger charge is 2.19. The van der Waals surface area contributed by atoms with Gasteiger partial charge in [-0.2, -0.15) is 0 Å². The third-order valence-corrected chi connectivity index (χ3v) is 7.23. The van der Waals surface area contributed by atoms with Gasteiger partial charge in [-0.15, -0.1) is 0 Å². The van der Waals surface area contributed by atoms with Crippen molar-refractivity contribution in [2.24, 2.45) is 0 Å². The molecule has 0 heterocycles. The smallest absolute Gasteiger partial charge is 0.407 e. The summed E-state index contributed by atoms with van der Waals surface area (Å²) >= 11 is 0. The molecule has 0 radical (unpaired) electrons. The lowest BCUT2D eigenvalue weighted by molar-refractivity contribution is -0.143. The number of benzene rings is 2. The zero-order valence-corrected chi connectivity index (χ0v) is 34.0. The molecule has 2 unspecified atom stereocenters. The number of esters is 3. The number of nitrogens with one attached hydrogen (secondary N) is 2. The summed E-state index contributed by atoms with van der Waals surface area (Å²) < 4.78 is 54.8. The van der Waals surface area contributed by atoms with E-state index in [0.717, 1.165) is 0 Å². The van der Waals surface area contributed by atoms with E-state index in [0.29, 0.717) is 35.7 Å². The van der Waals surface area contributed by atoms with Crippen LogP contribution in [0.1, 0.15) is 33.6 Å². The largest absolute Gasteiger partial charge is 0.491 e. The van der Waals surface area contributed by atoms with Crippen molar-refractivity contribution in [3.8, 4) is 17.2 Å². The maximum atomic E-state index is 12.4. The Morgan fingerprint density at radius 1 is 0.508 bits per heavy atom. The Bertz CT molecular complexity index is 1650. The van der Waals surface area contributed by atoms with Crippen LogP contribution in [0.15, 0.2) is 91.1 Å². The normalized spacial score (nSPS) is 11.4. The van der Waals surface area contributed by atoms with Gasteiger partial charge in [-0.05, 0) is 57.9 Å². The molecule has 0 fully saturated rings. The summed E-state index contributed by atoms with van der Waals surface area (Å²) in [5, 5.41) is 5.16. The van der Waals surface area contributed by atoms with Crippen LogP contribution in [0.2, 0.25) is 0 Å². The topological polar surface area (TPSA) is 202 Å². The minimum Gasteiger partial charge on any atom is -0.491 e. The number of amides is 2. The fraction of sp³-hybridized carbons (Fsp3) is 0.452. The van der Waals surface area contributed by atoms with Gasteiger partial charge in [0.1, 0.15) is 43.7 Å². The number of hydrogen-bond acceptors (Lipinski definition) is 15. The van der Waals surface area contributed by atoms with Gasteiger partial charge in [0.25, 0.3) is 0 Å². The molecule has 0 aromatic heterocycles. The third-order valence-electron chi connectivity index (χ3n) is 7.23. The molecule has 2 aromatic rings. The summed E-state index contributed by atoms with van der Waals surface area (Å²) in [7, 11) is 0. The molecule has 0 bridgehead atoms. The van der Waals surface area contributed by atoms with Crippen molar-refractivity contribution >= 4 is 30.1 Å². The van der Waals surface area contributed by atoms with E-state index in [9.17, 15) is 24.0 Å². The summed E-state index contributed by atoms with van der Waals surface area (Å²) in [5.74, 6) is -0.0193. The number of ether oxygens (including phenoxy) is 10. The number of carbonyl (C=O) groups is 5. The number of alkyl carbamates (subject to hydrolysis) is 2. The average Bonchev–Trinajstić information content (AvgIpc) is 3.21. The molecular weight excluding hydrogens is 772 g/mol. The van der Waals surface area contributed by atoms with Crippen molar-refractivity contribution in [3.63, 3.8) is 0 Å². The predicted octanol–water partition coefficient (Wildman–Crippen LogP) is 4.88. The van der Waals surface area contributed by atoms with Crippen LogP contribution >= 0.6 is 0 Å². The lowest BCUT2D eigenvalue weighted by Crippen LogP contribution is -2.36.